The molecule has 0 radical (unpaired) electrons. The van der Waals surface area contributed by atoms with Crippen molar-refractivity contribution in [3.63, 3.8) is 0 Å². The van der Waals surface area contributed by atoms with Gasteiger partial charge in [0.1, 0.15) is 36.6 Å². The molecule has 15 heteroatoms. The van der Waals surface area contributed by atoms with Gasteiger partial charge in [-0.05, 0) is 37.0 Å². The predicted molar refractivity (Wildman–Crippen MR) is 144 cm³/mol. The average molecular weight is 633 g/mol. The van der Waals surface area contributed by atoms with Crippen LogP contribution in [0.3, 0.4) is 0 Å². The van der Waals surface area contributed by atoms with E-state index in [0.29, 0.717) is 18.4 Å². The molecule has 250 valence electrons. The van der Waals surface area contributed by atoms with Crippen LogP contribution in [0.25, 0.3) is 0 Å². The molecule has 0 aromatic carbocycles. The van der Waals surface area contributed by atoms with Crippen molar-refractivity contribution in [1.29, 1.82) is 0 Å². The van der Waals surface area contributed by atoms with Gasteiger partial charge in [-0.3, -0.25) is 4.79 Å². The van der Waals surface area contributed by atoms with E-state index in [1.807, 2.05) is 13.8 Å². The molecule has 15 nitrogen and oxygen atoms in total. The molecule has 5 aliphatic rings. The monoisotopic (exact) mass is 632 g/mol. The summed E-state index contributed by atoms with van der Waals surface area (Å²) in [6.07, 6.45) is -12.3. The van der Waals surface area contributed by atoms with Crippen LogP contribution in [-0.2, 0) is 42.7 Å². The van der Waals surface area contributed by atoms with Crippen molar-refractivity contribution < 1.29 is 73.4 Å². The Balaban J connectivity index is 1.60. The Morgan fingerprint density at radius 1 is 1.05 bits per heavy atom. The molecule has 3 aliphatic heterocycles. The summed E-state index contributed by atoms with van der Waals surface area (Å²) < 4.78 is 39.1. The van der Waals surface area contributed by atoms with Crippen molar-refractivity contribution in [2.45, 2.75) is 107 Å². The topological polar surface area (TPSA) is 220 Å². The Morgan fingerprint density at radius 2 is 1.75 bits per heavy atom. The number of allylic oxidation sites excluding steroid dienone is 1. The maximum atomic E-state index is 13.4. The number of esters is 2. The van der Waals surface area contributed by atoms with E-state index >= 15 is 0 Å². The Bertz CT molecular complexity index is 1130. The van der Waals surface area contributed by atoms with Crippen LogP contribution in [-0.4, -0.2) is 138 Å². The molecule has 4 fully saturated rings. The van der Waals surface area contributed by atoms with Gasteiger partial charge in [0, 0.05) is 25.2 Å². The third-order valence-corrected chi connectivity index (χ3v) is 10.9. The van der Waals surface area contributed by atoms with Crippen LogP contribution in [0.15, 0.2) is 11.6 Å². The lowest BCUT2D eigenvalue weighted by molar-refractivity contribution is -0.340. The summed E-state index contributed by atoms with van der Waals surface area (Å²) >= 11 is 0. The molecule has 3 saturated heterocycles. The van der Waals surface area contributed by atoms with Crippen molar-refractivity contribution in [3.8, 4) is 0 Å². The van der Waals surface area contributed by atoms with Gasteiger partial charge in [0.15, 0.2) is 24.5 Å². The SMILES string of the molecule is COC(=O)C1=CCCC2C(C)(CC(OC3OC(CO)C(O)C(O)C3O)C3(O)C(OC)OC(OC)C3O)C3CC(OC3=O)C12C. The highest BCUT2D eigenvalue weighted by Crippen LogP contribution is 2.66. The fraction of sp³-hybridized carbons (Fsp3) is 0.862. The number of methoxy groups -OCH3 is 3. The van der Waals surface area contributed by atoms with Gasteiger partial charge in [0.25, 0.3) is 0 Å². The van der Waals surface area contributed by atoms with Crippen LogP contribution in [0, 0.1) is 22.7 Å². The molecule has 3 heterocycles. The van der Waals surface area contributed by atoms with Crippen LogP contribution in [0.5, 0.6) is 0 Å². The lowest BCUT2D eigenvalue weighted by atomic mass is 9.46. The van der Waals surface area contributed by atoms with Gasteiger partial charge < -0.3 is 63.8 Å². The number of carbonyl (C=O) groups is 2. The van der Waals surface area contributed by atoms with E-state index in [2.05, 4.69) is 0 Å². The van der Waals surface area contributed by atoms with E-state index in [1.165, 1.54) is 21.3 Å². The summed E-state index contributed by atoms with van der Waals surface area (Å²) in [6, 6.07) is 0. The molecule has 44 heavy (non-hydrogen) atoms. The lowest BCUT2D eigenvalue weighted by Crippen LogP contribution is -2.65. The van der Waals surface area contributed by atoms with E-state index in [-0.39, 0.29) is 12.8 Å². The van der Waals surface area contributed by atoms with Crippen molar-refractivity contribution in [3.05, 3.63) is 11.6 Å². The van der Waals surface area contributed by atoms with Gasteiger partial charge >= 0.3 is 11.9 Å². The van der Waals surface area contributed by atoms with Gasteiger partial charge in [-0.25, -0.2) is 4.79 Å². The molecule has 5 rings (SSSR count). The normalized spacial score (nSPS) is 49.2. The first-order chi connectivity index (χ1) is 20.7. The van der Waals surface area contributed by atoms with Crippen LogP contribution in [0.4, 0.5) is 0 Å². The largest absolute Gasteiger partial charge is 0.466 e. The molecule has 0 aromatic rings. The van der Waals surface area contributed by atoms with Crippen LogP contribution in [0.2, 0.25) is 0 Å². The van der Waals surface area contributed by atoms with Crippen LogP contribution < -0.4 is 0 Å². The standard InChI is InChI=1S/C29H44O15/c1-27(13-9-16(42-23(13)36)28(2)12(22(35)38-3)7-6-8-15(27)28)10-17(29(37)21(34)25(39-4)44-26(29)40-5)43-24-20(33)19(32)18(31)14(11-30)41-24/h7,13-21,24-26,30-34,37H,6,8-11H2,1-5H3. The van der Waals surface area contributed by atoms with Crippen LogP contribution in [0.1, 0.15) is 39.5 Å². The van der Waals surface area contributed by atoms with Crippen molar-refractivity contribution in [2.24, 2.45) is 22.7 Å². The number of carbonyl (C=O) groups excluding carboxylic acids is 2. The summed E-state index contributed by atoms with van der Waals surface area (Å²) in [5, 5.41) is 65.0. The minimum Gasteiger partial charge on any atom is -0.466 e. The van der Waals surface area contributed by atoms with E-state index in [0.717, 1.165) is 0 Å². The van der Waals surface area contributed by atoms with Gasteiger partial charge in [0.05, 0.1) is 25.7 Å². The summed E-state index contributed by atoms with van der Waals surface area (Å²) in [5.74, 6) is -2.13. The van der Waals surface area contributed by atoms with Gasteiger partial charge in [-0.2, -0.15) is 0 Å². The molecule has 15 unspecified atom stereocenters. The van der Waals surface area contributed by atoms with E-state index < -0.39 is 108 Å². The first kappa shape index (κ1) is 33.6. The summed E-state index contributed by atoms with van der Waals surface area (Å²) in [5.41, 5.74) is -4.06. The Morgan fingerprint density at radius 3 is 2.36 bits per heavy atom. The van der Waals surface area contributed by atoms with Crippen molar-refractivity contribution in [1.82, 2.24) is 0 Å². The number of fused-ring (bicyclic) bond motifs is 4. The number of aliphatic hydroxyl groups is 6. The van der Waals surface area contributed by atoms with E-state index in [1.54, 1.807) is 6.08 Å². The van der Waals surface area contributed by atoms with E-state index in [4.69, 9.17) is 33.2 Å². The predicted octanol–water partition coefficient (Wildman–Crippen LogP) is -1.90. The third-order valence-electron chi connectivity index (χ3n) is 10.9. The molecular weight excluding hydrogens is 588 g/mol. The highest BCUT2D eigenvalue weighted by atomic mass is 16.8. The number of hydrogen-bond acceptors (Lipinski definition) is 15. The molecule has 2 aliphatic carbocycles. The second-order valence-electron chi connectivity index (χ2n) is 12.9. The summed E-state index contributed by atoms with van der Waals surface area (Å²) in [4.78, 5) is 26.4. The molecule has 0 spiro atoms. The fourth-order valence-electron chi connectivity index (χ4n) is 8.44. The molecule has 6 N–H and O–H groups in total. The zero-order valence-corrected chi connectivity index (χ0v) is 25.4. The minimum atomic E-state index is -2.40. The van der Waals surface area contributed by atoms with Gasteiger partial charge in [-0.1, -0.05) is 19.9 Å². The quantitative estimate of drug-likeness (QED) is 0.153. The maximum absolute atomic E-state index is 13.4. The Kier molecular flexibility index (Phi) is 9.25. The summed E-state index contributed by atoms with van der Waals surface area (Å²) in [7, 11) is 3.77. The highest BCUT2D eigenvalue weighted by Gasteiger charge is 2.70. The lowest BCUT2D eigenvalue weighted by Gasteiger charge is -2.57. The minimum absolute atomic E-state index is 0.184. The van der Waals surface area contributed by atoms with Gasteiger partial charge in [0.2, 0.25) is 0 Å². The van der Waals surface area contributed by atoms with Crippen molar-refractivity contribution >= 4 is 11.9 Å². The fourth-order valence-corrected chi connectivity index (χ4v) is 8.44. The first-order valence-corrected chi connectivity index (χ1v) is 14.8. The first-order valence-electron chi connectivity index (χ1n) is 14.8. The molecule has 15 atom stereocenters. The zero-order chi connectivity index (χ0) is 32.4. The molecule has 0 aromatic heterocycles. The van der Waals surface area contributed by atoms with Crippen molar-refractivity contribution in [2.75, 3.05) is 27.9 Å². The van der Waals surface area contributed by atoms with E-state index in [9.17, 15) is 40.2 Å². The number of rotatable bonds is 9. The number of aliphatic hydroxyl groups excluding tert-OH is 5. The molecule has 1 saturated carbocycles. The Labute approximate surface area is 254 Å². The number of ether oxygens (including phenoxy) is 7. The maximum Gasteiger partial charge on any atom is 0.334 e. The molecule has 2 bridgehead atoms. The second-order valence-corrected chi connectivity index (χ2v) is 12.9. The second kappa shape index (κ2) is 12.1. The molecule has 0 amide bonds. The molecular formula is C29H44O15. The summed E-state index contributed by atoms with van der Waals surface area (Å²) in [6.45, 7) is 2.95. The third kappa shape index (κ3) is 4.83. The van der Waals surface area contributed by atoms with Gasteiger partial charge in [-0.15, -0.1) is 0 Å². The highest BCUT2D eigenvalue weighted by molar-refractivity contribution is 5.91. The average Bonchev–Trinajstić information content (AvgIpc) is 3.52. The Hall–Kier alpha value is -1.76. The zero-order valence-electron chi connectivity index (χ0n) is 25.4. The smallest absolute Gasteiger partial charge is 0.334 e. The number of hydrogen-bond donors (Lipinski definition) is 6. The van der Waals surface area contributed by atoms with Crippen LogP contribution >= 0.6 is 0 Å².